The van der Waals surface area contributed by atoms with Gasteiger partial charge in [0.1, 0.15) is 6.07 Å². The molecule has 1 N–H and O–H groups in total. The molecule has 2 rings (SSSR count). The number of ether oxygens (including phenoxy) is 2. The third kappa shape index (κ3) is 7.05. The zero-order chi connectivity index (χ0) is 21.2. The van der Waals surface area contributed by atoms with Gasteiger partial charge in [-0.3, -0.25) is 4.79 Å². The van der Waals surface area contributed by atoms with Gasteiger partial charge in [0.05, 0.1) is 17.9 Å². The number of benzene rings is 2. The summed E-state index contributed by atoms with van der Waals surface area (Å²) in [6.07, 6.45) is 0.237. The zero-order valence-electron chi connectivity index (χ0n) is 16.3. The average molecular weight is 403 g/mol. The summed E-state index contributed by atoms with van der Waals surface area (Å²) in [6.45, 7) is 0.126. The van der Waals surface area contributed by atoms with Crippen LogP contribution < -0.4 is 14.8 Å². The SMILES string of the molecule is CCOc1cc(CN(C)CCC(=O)Nc2ccccc2C#N)ccc1OC(F)F. The van der Waals surface area contributed by atoms with Crippen LogP contribution >= 0.6 is 0 Å². The van der Waals surface area contributed by atoms with Crippen molar-refractivity contribution < 1.29 is 23.0 Å². The van der Waals surface area contributed by atoms with E-state index in [1.807, 2.05) is 18.0 Å². The minimum absolute atomic E-state index is 0.0104. The van der Waals surface area contributed by atoms with Crippen LogP contribution in [0.15, 0.2) is 42.5 Å². The maximum absolute atomic E-state index is 12.5. The Labute approximate surface area is 168 Å². The molecule has 154 valence electrons. The number of carbonyl (C=O) groups is 1. The monoisotopic (exact) mass is 403 g/mol. The number of hydrogen-bond acceptors (Lipinski definition) is 5. The van der Waals surface area contributed by atoms with E-state index in [0.29, 0.717) is 30.9 Å². The molecule has 0 fully saturated rings. The van der Waals surface area contributed by atoms with E-state index in [1.54, 1.807) is 43.3 Å². The van der Waals surface area contributed by atoms with E-state index < -0.39 is 6.61 Å². The lowest BCUT2D eigenvalue weighted by Gasteiger charge is -2.18. The lowest BCUT2D eigenvalue weighted by atomic mass is 10.2. The summed E-state index contributed by atoms with van der Waals surface area (Å²) in [7, 11) is 1.85. The van der Waals surface area contributed by atoms with Crippen molar-refractivity contribution in [3.63, 3.8) is 0 Å². The van der Waals surface area contributed by atoms with Gasteiger partial charge in [0, 0.05) is 19.5 Å². The molecule has 0 saturated heterocycles. The van der Waals surface area contributed by atoms with Gasteiger partial charge in [0.15, 0.2) is 11.5 Å². The Morgan fingerprint density at radius 2 is 2.00 bits per heavy atom. The molecule has 6 nitrogen and oxygen atoms in total. The van der Waals surface area contributed by atoms with Gasteiger partial charge in [0.25, 0.3) is 0 Å². The molecular formula is C21H23F2N3O3. The van der Waals surface area contributed by atoms with E-state index >= 15 is 0 Å². The summed E-state index contributed by atoms with van der Waals surface area (Å²) in [5, 5.41) is 11.8. The van der Waals surface area contributed by atoms with Crippen LogP contribution in [0.3, 0.4) is 0 Å². The maximum atomic E-state index is 12.5. The lowest BCUT2D eigenvalue weighted by molar-refractivity contribution is -0.116. The number of nitriles is 1. The molecule has 0 saturated carbocycles. The molecule has 0 aliphatic rings. The number of nitrogens with one attached hydrogen (secondary N) is 1. The van der Waals surface area contributed by atoms with Crippen LogP contribution in [-0.2, 0) is 11.3 Å². The van der Waals surface area contributed by atoms with Crippen molar-refractivity contribution in [1.29, 1.82) is 5.26 Å². The highest BCUT2D eigenvalue weighted by atomic mass is 19.3. The molecule has 8 heteroatoms. The highest BCUT2D eigenvalue weighted by Crippen LogP contribution is 2.30. The van der Waals surface area contributed by atoms with Gasteiger partial charge in [-0.05, 0) is 43.8 Å². The predicted molar refractivity (Wildman–Crippen MR) is 105 cm³/mol. The Bertz CT molecular complexity index is 868. The molecule has 0 heterocycles. The first-order valence-corrected chi connectivity index (χ1v) is 9.11. The van der Waals surface area contributed by atoms with Crippen molar-refractivity contribution in [2.75, 3.05) is 25.5 Å². The second kappa shape index (κ2) is 11.0. The van der Waals surface area contributed by atoms with Crippen molar-refractivity contribution in [3.05, 3.63) is 53.6 Å². The van der Waals surface area contributed by atoms with Crippen molar-refractivity contribution in [2.45, 2.75) is 26.5 Å². The van der Waals surface area contributed by atoms with E-state index in [4.69, 9.17) is 10.00 Å². The molecule has 29 heavy (non-hydrogen) atoms. The van der Waals surface area contributed by atoms with E-state index in [1.165, 1.54) is 6.07 Å². The molecule has 0 unspecified atom stereocenters. The minimum Gasteiger partial charge on any atom is -0.490 e. The smallest absolute Gasteiger partial charge is 0.387 e. The van der Waals surface area contributed by atoms with Crippen molar-refractivity contribution in [2.24, 2.45) is 0 Å². The van der Waals surface area contributed by atoms with Crippen LogP contribution in [0.1, 0.15) is 24.5 Å². The largest absolute Gasteiger partial charge is 0.490 e. The van der Waals surface area contributed by atoms with Crippen LogP contribution in [0, 0.1) is 11.3 Å². The number of nitrogens with zero attached hydrogens (tertiary/aromatic N) is 2. The molecule has 0 aliphatic carbocycles. The molecule has 0 aromatic heterocycles. The first-order chi connectivity index (χ1) is 13.9. The van der Waals surface area contributed by atoms with Crippen LogP contribution in [0.25, 0.3) is 0 Å². The van der Waals surface area contributed by atoms with E-state index in [0.717, 1.165) is 5.56 Å². The highest BCUT2D eigenvalue weighted by molar-refractivity contribution is 5.92. The number of anilines is 1. The van der Waals surface area contributed by atoms with Crippen LogP contribution in [0.5, 0.6) is 11.5 Å². The summed E-state index contributed by atoms with van der Waals surface area (Å²) in [5.74, 6) is 0.0450. The van der Waals surface area contributed by atoms with E-state index in [9.17, 15) is 13.6 Å². The molecule has 0 atom stereocenters. The zero-order valence-corrected chi connectivity index (χ0v) is 16.3. The topological polar surface area (TPSA) is 74.6 Å². The second-order valence-electron chi connectivity index (χ2n) is 6.29. The minimum atomic E-state index is -2.92. The van der Waals surface area contributed by atoms with Crippen LogP contribution in [0.4, 0.5) is 14.5 Å². The van der Waals surface area contributed by atoms with Gasteiger partial charge < -0.3 is 19.7 Å². The summed E-state index contributed by atoms with van der Waals surface area (Å²) in [4.78, 5) is 14.1. The quantitative estimate of drug-likeness (QED) is 0.649. The van der Waals surface area contributed by atoms with E-state index in [2.05, 4.69) is 10.1 Å². The van der Waals surface area contributed by atoms with Gasteiger partial charge >= 0.3 is 6.61 Å². The summed E-state index contributed by atoms with van der Waals surface area (Å²) in [6, 6.07) is 13.6. The van der Waals surface area contributed by atoms with Crippen LogP contribution in [-0.4, -0.2) is 37.6 Å². The fourth-order valence-corrected chi connectivity index (χ4v) is 2.70. The molecule has 0 radical (unpaired) electrons. The number of amides is 1. The van der Waals surface area contributed by atoms with Gasteiger partial charge in [-0.15, -0.1) is 0 Å². The molecule has 0 bridgehead atoms. The molecular weight excluding hydrogens is 380 g/mol. The maximum Gasteiger partial charge on any atom is 0.387 e. The number of hydrogen-bond donors (Lipinski definition) is 1. The highest BCUT2D eigenvalue weighted by Gasteiger charge is 2.13. The van der Waals surface area contributed by atoms with Crippen molar-refractivity contribution >= 4 is 11.6 Å². The Morgan fingerprint density at radius 3 is 2.69 bits per heavy atom. The number of carbonyl (C=O) groups excluding carboxylic acids is 1. The van der Waals surface area contributed by atoms with Crippen LogP contribution in [0.2, 0.25) is 0 Å². The second-order valence-corrected chi connectivity index (χ2v) is 6.29. The Hall–Kier alpha value is -3.18. The third-order valence-corrected chi connectivity index (χ3v) is 4.02. The Morgan fingerprint density at radius 1 is 1.24 bits per heavy atom. The van der Waals surface area contributed by atoms with Gasteiger partial charge in [-0.1, -0.05) is 18.2 Å². The molecule has 0 spiro atoms. The number of alkyl halides is 2. The molecule has 0 aliphatic heterocycles. The first-order valence-electron chi connectivity index (χ1n) is 9.11. The molecule has 2 aromatic rings. The number of para-hydroxylation sites is 1. The van der Waals surface area contributed by atoms with Crippen molar-refractivity contribution in [1.82, 2.24) is 4.90 Å². The number of rotatable bonds is 10. The van der Waals surface area contributed by atoms with Crippen molar-refractivity contribution in [3.8, 4) is 17.6 Å². The van der Waals surface area contributed by atoms with Gasteiger partial charge in [0.2, 0.25) is 5.91 Å². The normalized spacial score (nSPS) is 10.7. The third-order valence-electron chi connectivity index (χ3n) is 4.02. The fourth-order valence-electron chi connectivity index (χ4n) is 2.70. The summed E-state index contributed by atoms with van der Waals surface area (Å²) < 4.78 is 34.8. The van der Waals surface area contributed by atoms with Gasteiger partial charge in [-0.25, -0.2) is 0 Å². The summed E-state index contributed by atoms with van der Waals surface area (Å²) >= 11 is 0. The Balaban J connectivity index is 1.91. The predicted octanol–water partition coefficient (Wildman–Crippen LogP) is 4.02. The summed E-state index contributed by atoms with van der Waals surface area (Å²) in [5.41, 5.74) is 1.73. The average Bonchev–Trinajstić information content (AvgIpc) is 2.69. The molecule has 2 aromatic carbocycles. The Kier molecular flexibility index (Phi) is 8.37. The molecule has 1 amide bonds. The lowest BCUT2D eigenvalue weighted by Crippen LogP contribution is -2.24. The number of halogens is 2. The first kappa shape index (κ1) is 22.1. The van der Waals surface area contributed by atoms with E-state index in [-0.39, 0.29) is 23.8 Å². The standard InChI is InChI=1S/C21H23F2N3O3/c1-3-28-19-12-15(8-9-18(19)29-21(22)23)14-26(2)11-10-20(27)25-17-7-5-4-6-16(17)13-24/h4-9,12,21H,3,10-11,14H2,1-2H3,(H,25,27). The van der Waals surface area contributed by atoms with Gasteiger partial charge in [-0.2, -0.15) is 14.0 Å². The fraction of sp³-hybridized carbons (Fsp3) is 0.333.